The number of carboxylic acid groups (broad SMARTS) is 1. The van der Waals surface area contributed by atoms with Crippen molar-refractivity contribution in [1.82, 2.24) is 0 Å². The zero-order chi connectivity index (χ0) is 5.70. The number of halogens is 1. The molecule has 3 heteroatoms. The lowest BCUT2D eigenvalue weighted by Gasteiger charge is -1.72. The van der Waals surface area contributed by atoms with Gasteiger partial charge in [0.05, 0.1) is 0 Å². The standard InChI is InChI=1S/C4H5BrO2.CH4/c5-3-1-2-4(6)7;/h1-2H,3H2,(H,6,7);1H4. The highest BCUT2D eigenvalue weighted by molar-refractivity contribution is 9.09. The Morgan fingerprint density at radius 1 is 1.75 bits per heavy atom. The normalized spacial score (nSPS) is 8.62. The van der Waals surface area contributed by atoms with Crippen LogP contribution in [0.4, 0.5) is 0 Å². The summed E-state index contributed by atoms with van der Waals surface area (Å²) in [4.78, 5) is 9.65. The number of carboxylic acids is 1. The molecule has 0 atom stereocenters. The Hall–Kier alpha value is -0.310. The van der Waals surface area contributed by atoms with E-state index in [1.165, 1.54) is 6.08 Å². The van der Waals surface area contributed by atoms with Crippen molar-refractivity contribution in [1.29, 1.82) is 0 Å². The molecule has 1 N–H and O–H groups in total. The van der Waals surface area contributed by atoms with Gasteiger partial charge in [0.2, 0.25) is 0 Å². The molecular weight excluding hydrogens is 172 g/mol. The van der Waals surface area contributed by atoms with Crippen LogP contribution in [0.2, 0.25) is 0 Å². The van der Waals surface area contributed by atoms with Crippen LogP contribution < -0.4 is 0 Å². The Kier molecular flexibility index (Phi) is 8.89. The van der Waals surface area contributed by atoms with Crippen molar-refractivity contribution in [3.63, 3.8) is 0 Å². The quantitative estimate of drug-likeness (QED) is 0.519. The molecule has 0 saturated carbocycles. The third kappa shape index (κ3) is 9.19. The molecule has 0 unspecified atom stereocenters. The van der Waals surface area contributed by atoms with E-state index in [2.05, 4.69) is 15.9 Å². The second-order valence-corrected chi connectivity index (χ2v) is 1.54. The smallest absolute Gasteiger partial charge is 0.328 e. The number of hydrogen-bond donors (Lipinski definition) is 1. The lowest BCUT2D eigenvalue weighted by molar-refractivity contribution is -0.131. The maximum Gasteiger partial charge on any atom is 0.328 e. The minimum Gasteiger partial charge on any atom is -0.478 e. The van der Waals surface area contributed by atoms with E-state index >= 15 is 0 Å². The summed E-state index contributed by atoms with van der Waals surface area (Å²) in [5.74, 6) is -0.903. The van der Waals surface area contributed by atoms with Crippen molar-refractivity contribution in [3.8, 4) is 0 Å². The minimum atomic E-state index is -0.903. The highest BCUT2D eigenvalue weighted by Crippen LogP contribution is 1.79. The van der Waals surface area contributed by atoms with Gasteiger partial charge in [0.1, 0.15) is 0 Å². The van der Waals surface area contributed by atoms with Gasteiger partial charge in [-0.3, -0.25) is 0 Å². The van der Waals surface area contributed by atoms with Crippen LogP contribution in [-0.2, 0) is 4.79 Å². The van der Waals surface area contributed by atoms with E-state index in [-0.39, 0.29) is 7.43 Å². The number of allylic oxidation sites excluding steroid dienone is 1. The molecule has 48 valence electrons. The topological polar surface area (TPSA) is 37.3 Å². The van der Waals surface area contributed by atoms with E-state index in [1.807, 2.05) is 0 Å². The molecular formula is C5H9BrO2. The number of rotatable bonds is 2. The SMILES string of the molecule is C.O=C(O)C=CCBr. The van der Waals surface area contributed by atoms with Crippen LogP contribution in [0.15, 0.2) is 12.2 Å². The molecule has 0 saturated heterocycles. The predicted octanol–water partition coefficient (Wildman–Crippen LogP) is 1.66. The molecule has 0 fully saturated rings. The second kappa shape index (κ2) is 6.69. The van der Waals surface area contributed by atoms with Gasteiger partial charge in [-0.05, 0) is 0 Å². The van der Waals surface area contributed by atoms with E-state index in [1.54, 1.807) is 0 Å². The Morgan fingerprint density at radius 3 is 2.38 bits per heavy atom. The summed E-state index contributed by atoms with van der Waals surface area (Å²) in [6.07, 6.45) is 2.61. The van der Waals surface area contributed by atoms with E-state index in [4.69, 9.17) is 5.11 Å². The Morgan fingerprint density at radius 2 is 2.25 bits per heavy atom. The molecule has 8 heavy (non-hydrogen) atoms. The van der Waals surface area contributed by atoms with Crippen LogP contribution >= 0.6 is 15.9 Å². The van der Waals surface area contributed by atoms with Crippen LogP contribution in [0, 0.1) is 0 Å². The van der Waals surface area contributed by atoms with Crippen molar-refractivity contribution in [2.75, 3.05) is 5.33 Å². The number of aliphatic carboxylic acids is 1. The summed E-state index contributed by atoms with van der Waals surface area (Å²) in [6, 6.07) is 0. The van der Waals surface area contributed by atoms with Crippen LogP contribution in [0.3, 0.4) is 0 Å². The van der Waals surface area contributed by atoms with Crippen LogP contribution in [0.1, 0.15) is 7.43 Å². The van der Waals surface area contributed by atoms with Gasteiger partial charge < -0.3 is 5.11 Å². The molecule has 0 amide bonds. The maximum absolute atomic E-state index is 9.65. The predicted molar refractivity (Wildman–Crippen MR) is 37.3 cm³/mol. The van der Waals surface area contributed by atoms with Gasteiger partial charge in [0.15, 0.2) is 0 Å². The van der Waals surface area contributed by atoms with Crippen molar-refractivity contribution in [2.24, 2.45) is 0 Å². The van der Waals surface area contributed by atoms with Crippen molar-refractivity contribution < 1.29 is 9.90 Å². The zero-order valence-electron chi connectivity index (χ0n) is 3.60. The van der Waals surface area contributed by atoms with Gasteiger partial charge in [-0.25, -0.2) is 4.79 Å². The van der Waals surface area contributed by atoms with E-state index in [0.29, 0.717) is 5.33 Å². The van der Waals surface area contributed by atoms with Gasteiger partial charge in [-0.2, -0.15) is 0 Å². The summed E-state index contributed by atoms with van der Waals surface area (Å²) < 4.78 is 0. The molecule has 0 spiro atoms. The monoisotopic (exact) mass is 180 g/mol. The fraction of sp³-hybridized carbons (Fsp3) is 0.400. The summed E-state index contributed by atoms with van der Waals surface area (Å²) in [6.45, 7) is 0. The maximum atomic E-state index is 9.65. The van der Waals surface area contributed by atoms with Gasteiger partial charge >= 0.3 is 5.97 Å². The number of carbonyl (C=O) groups is 1. The van der Waals surface area contributed by atoms with Gasteiger partial charge in [-0.1, -0.05) is 29.4 Å². The zero-order valence-corrected chi connectivity index (χ0v) is 5.18. The fourth-order valence-corrected chi connectivity index (χ4v) is 0.332. The first-order valence-corrected chi connectivity index (χ1v) is 2.85. The molecule has 0 aliphatic heterocycles. The van der Waals surface area contributed by atoms with E-state index < -0.39 is 5.97 Å². The van der Waals surface area contributed by atoms with Crippen LogP contribution in [0.5, 0.6) is 0 Å². The molecule has 0 aromatic carbocycles. The first-order valence-electron chi connectivity index (χ1n) is 1.73. The highest BCUT2D eigenvalue weighted by atomic mass is 79.9. The summed E-state index contributed by atoms with van der Waals surface area (Å²) in [5, 5.41) is 8.53. The molecule has 0 bridgehead atoms. The van der Waals surface area contributed by atoms with Crippen molar-refractivity contribution >= 4 is 21.9 Å². The number of hydrogen-bond acceptors (Lipinski definition) is 1. The van der Waals surface area contributed by atoms with Crippen molar-refractivity contribution in [2.45, 2.75) is 7.43 Å². The molecule has 0 aromatic heterocycles. The average molecular weight is 181 g/mol. The van der Waals surface area contributed by atoms with Crippen LogP contribution in [-0.4, -0.2) is 16.4 Å². The fourth-order valence-electron chi connectivity index (χ4n) is 0.145. The Balaban J connectivity index is 0. The van der Waals surface area contributed by atoms with Gasteiger partial charge in [0.25, 0.3) is 0 Å². The lowest BCUT2D eigenvalue weighted by atomic mass is 10.5. The lowest BCUT2D eigenvalue weighted by Crippen LogP contribution is -1.84. The summed E-state index contributed by atoms with van der Waals surface area (Å²) in [5.41, 5.74) is 0. The highest BCUT2D eigenvalue weighted by Gasteiger charge is 1.79. The largest absolute Gasteiger partial charge is 0.478 e. The van der Waals surface area contributed by atoms with E-state index in [9.17, 15) is 4.79 Å². The van der Waals surface area contributed by atoms with Gasteiger partial charge in [-0.15, -0.1) is 0 Å². The Labute approximate surface area is 57.3 Å². The first kappa shape index (κ1) is 10.6. The van der Waals surface area contributed by atoms with Crippen LogP contribution in [0.25, 0.3) is 0 Å². The number of alkyl halides is 1. The van der Waals surface area contributed by atoms with Crippen molar-refractivity contribution in [3.05, 3.63) is 12.2 Å². The molecule has 0 heterocycles. The van der Waals surface area contributed by atoms with Gasteiger partial charge in [0, 0.05) is 11.4 Å². The molecule has 0 radical (unpaired) electrons. The van der Waals surface area contributed by atoms with E-state index in [0.717, 1.165) is 6.08 Å². The third-order valence-electron chi connectivity index (χ3n) is 0.350. The second-order valence-electron chi connectivity index (χ2n) is 0.895. The first-order chi connectivity index (χ1) is 3.27. The summed E-state index contributed by atoms with van der Waals surface area (Å²) >= 11 is 3.03. The third-order valence-corrected chi connectivity index (χ3v) is 0.723. The summed E-state index contributed by atoms with van der Waals surface area (Å²) in [7, 11) is 0. The molecule has 0 rings (SSSR count). The Bertz CT molecular complexity index is 88.4. The average Bonchev–Trinajstić information content (AvgIpc) is 1.61. The molecule has 2 nitrogen and oxygen atoms in total. The molecule has 0 aliphatic rings. The molecule has 0 aliphatic carbocycles. The minimum absolute atomic E-state index is 0. The molecule has 0 aromatic rings.